The Morgan fingerprint density at radius 3 is 2.71 bits per heavy atom. The summed E-state index contributed by atoms with van der Waals surface area (Å²) in [4.78, 5) is 16.3. The minimum atomic E-state index is -0.616. The third-order valence-electron chi connectivity index (χ3n) is 2.56. The van der Waals surface area contributed by atoms with E-state index in [1.807, 2.05) is 0 Å². The van der Waals surface area contributed by atoms with E-state index < -0.39 is 5.97 Å². The molecule has 8 heteroatoms. The van der Waals surface area contributed by atoms with Crippen LogP contribution in [0, 0.1) is 12.7 Å². The number of carbonyl (C=O) groups is 1. The minimum Gasteiger partial charge on any atom is -0.380 e. The van der Waals surface area contributed by atoms with Gasteiger partial charge in [-0.15, -0.1) is 0 Å². The predicted octanol–water partition coefficient (Wildman–Crippen LogP) is 1.96. The summed E-state index contributed by atoms with van der Waals surface area (Å²) in [6, 6.07) is 5.36. The van der Waals surface area contributed by atoms with E-state index in [9.17, 15) is 9.18 Å². The van der Waals surface area contributed by atoms with Gasteiger partial charge in [0.05, 0.1) is 10.2 Å². The average Bonchev–Trinajstić information content (AvgIpc) is 2.75. The van der Waals surface area contributed by atoms with Gasteiger partial charge in [0.15, 0.2) is 5.84 Å². The number of hydrogen-bond donors (Lipinski definition) is 1. The van der Waals surface area contributed by atoms with E-state index in [0.717, 1.165) is 10.2 Å². The van der Waals surface area contributed by atoms with Crippen LogP contribution in [0.4, 0.5) is 4.39 Å². The van der Waals surface area contributed by atoms with Crippen molar-refractivity contribution < 1.29 is 14.0 Å². The molecule has 0 bridgehead atoms. The van der Waals surface area contributed by atoms with Gasteiger partial charge in [0, 0.05) is 11.8 Å². The van der Waals surface area contributed by atoms with Crippen LogP contribution in [0.2, 0.25) is 0 Å². The molecule has 0 unspecified atom stereocenters. The Balaban J connectivity index is 1.96. The first-order chi connectivity index (χ1) is 9.95. The van der Waals surface area contributed by atoms with Crippen molar-refractivity contribution in [2.24, 2.45) is 10.9 Å². The zero-order valence-corrected chi connectivity index (χ0v) is 12.7. The summed E-state index contributed by atoms with van der Waals surface area (Å²) in [5.74, 6) is -1.01. The molecule has 2 aromatic rings. The van der Waals surface area contributed by atoms with Crippen LogP contribution in [-0.4, -0.2) is 21.6 Å². The van der Waals surface area contributed by atoms with Crippen LogP contribution >= 0.6 is 15.9 Å². The molecule has 0 amide bonds. The van der Waals surface area contributed by atoms with Crippen molar-refractivity contribution in [1.29, 1.82) is 0 Å². The molecule has 1 aromatic carbocycles. The van der Waals surface area contributed by atoms with E-state index >= 15 is 0 Å². The third-order valence-corrected chi connectivity index (χ3v) is 3.34. The molecular weight excluding hydrogens is 343 g/mol. The Kier molecular flexibility index (Phi) is 4.69. The number of rotatable bonds is 4. The summed E-state index contributed by atoms with van der Waals surface area (Å²) in [5.41, 5.74) is 6.86. The number of aryl methyl sites for hydroxylation is 1. The van der Waals surface area contributed by atoms with Gasteiger partial charge in [0.1, 0.15) is 12.4 Å². The first kappa shape index (κ1) is 15.2. The fraction of sp³-hybridized carbons (Fsp3) is 0.154. The van der Waals surface area contributed by atoms with E-state index in [1.165, 1.54) is 28.9 Å². The SMILES string of the molecule is Cc1nn(CC(=O)O/N=C(\N)c2ccc(F)cc2)cc1Br. The number of nitrogens with two attached hydrogens (primary N) is 1. The van der Waals surface area contributed by atoms with E-state index in [-0.39, 0.29) is 18.2 Å². The van der Waals surface area contributed by atoms with Crippen LogP contribution in [0.25, 0.3) is 0 Å². The van der Waals surface area contributed by atoms with Gasteiger partial charge in [-0.1, -0.05) is 5.16 Å². The lowest BCUT2D eigenvalue weighted by atomic mass is 10.2. The van der Waals surface area contributed by atoms with Crippen LogP contribution in [0.5, 0.6) is 0 Å². The molecule has 0 fully saturated rings. The van der Waals surface area contributed by atoms with Gasteiger partial charge < -0.3 is 10.6 Å². The Morgan fingerprint density at radius 2 is 2.14 bits per heavy atom. The van der Waals surface area contributed by atoms with E-state index in [1.54, 1.807) is 13.1 Å². The van der Waals surface area contributed by atoms with E-state index in [0.29, 0.717) is 5.56 Å². The lowest BCUT2D eigenvalue weighted by Crippen LogP contribution is -2.17. The molecule has 0 aliphatic carbocycles. The highest BCUT2D eigenvalue weighted by atomic mass is 79.9. The lowest BCUT2D eigenvalue weighted by molar-refractivity contribution is -0.144. The van der Waals surface area contributed by atoms with Crippen molar-refractivity contribution >= 4 is 27.7 Å². The topological polar surface area (TPSA) is 82.5 Å². The Bertz CT molecular complexity index is 662. The molecule has 0 spiro atoms. The fourth-order valence-electron chi connectivity index (χ4n) is 1.51. The number of nitrogens with zero attached hydrogens (tertiary/aromatic N) is 3. The highest BCUT2D eigenvalue weighted by Gasteiger charge is 2.08. The van der Waals surface area contributed by atoms with Crippen LogP contribution in [-0.2, 0) is 16.2 Å². The van der Waals surface area contributed by atoms with Crippen LogP contribution in [0.15, 0.2) is 40.1 Å². The highest BCUT2D eigenvalue weighted by Crippen LogP contribution is 2.13. The number of aromatic nitrogens is 2. The van der Waals surface area contributed by atoms with Gasteiger partial charge >= 0.3 is 5.97 Å². The highest BCUT2D eigenvalue weighted by molar-refractivity contribution is 9.10. The average molecular weight is 355 g/mol. The largest absolute Gasteiger partial charge is 0.380 e. The molecule has 6 nitrogen and oxygen atoms in total. The molecule has 0 aliphatic rings. The van der Waals surface area contributed by atoms with E-state index in [2.05, 4.69) is 26.2 Å². The van der Waals surface area contributed by atoms with Crippen molar-refractivity contribution in [2.45, 2.75) is 13.5 Å². The summed E-state index contributed by atoms with van der Waals surface area (Å²) in [7, 11) is 0. The Labute approximate surface area is 128 Å². The maximum atomic E-state index is 12.8. The quantitative estimate of drug-likeness (QED) is 0.393. The van der Waals surface area contributed by atoms with E-state index in [4.69, 9.17) is 10.6 Å². The standard InChI is InChI=1S/C13H12BrFN4O2/c1-8-11(14)6-19(17-8)7-12(20)21-18-13(16)9-2-4-10(15)5-3-9/h2-6H,7H2,1H3,(H2,16,18). The predicted molar refractivity (Wildman–Crippen MR) is 77.9 cm³/mol. The number of halogens is 2. The summed E-state index contributed by atoms with van der Waals surface area (Å²) in [6.07, 6.45) is 1.66. The molecule has 1 aromatic heterocycles. The summed E-state index contributed by atoms with van der Waals surface area (Å²) in [5, 5.41) is 7.61. The van der Waals surface area contributed by atoms with Gasteiger partial charge in [0.2, 0.25) is 0 Å². The Morgan fingerprint density at radius 1 is 1.48 bits per heavy atom. The van der Waals surface area contributed by atoms with Gasteiger partial charge in [-0.25, -0.2) is 9.18 Å². The molecule has 0 radical (unpaired) electrons. The van der Waals surface area contributed by atoms with Crippen molar-refractivity contribution in [2.75, 3.05) is 0 Å². The van der Waals surface area contributed by atoms with Crippen molar-refractivity contribution in [3.05, 3.63) is 52.0 Å². The Hall–Kier alpha value is -2.22. The number of carbonyl (C=O) groups excluding carboxylic acids is 1. The van der Waals surface area contributed by atoms with Gasteiger partial charge in [-0.3, -0.25) is 4.68 Å². The first-order valence-corrected chi connectivity index (χ1v) is 6.74. The maximum absolute atomic E-state index is 12.8. The monoisotopic (exact) mass is 354 g/mol. The molecule has 0 aliphatic heterocycles. The first-order valence-electron chi connectivity index (χ1n) is 5.94. The zero-order valence-electron chi connectivity index (χ0n) is 11.1. The lowest BCUT2D eigenvalue weighted by Gasteiger charge is -2.01. The second kappa shape index (κ2) is 6.49. The smallest absolute Gasteiger partial charge is 0.356 e. The van der Waals surface area contributed by atoms with Crippen LogP contribution in [0.1, 0.15) is 11.3 Å². The van der Waals surface area contributed by atoms with Crippen LogP contribution in [0.3, 0.4) is 0 Å². The number of oxime groups is 1. The second-order valence-electron chi connectivity index (χ2n) is 4.21. The molecule has 2 N–H and O–H groups in total. The maximum Gasteiger partial charge on any atom is 0.356 e. The molecular formula is C13H12BrFN4O2. The third kappa shape index (κ3) is 4.12. The molecule has 2 rings (SSSR count). The molecule has 0 saturated carbocycles. The normalized spacial score (nSPS) is 11.5. The van der Waals surface area contributed by atoms with Crippen LogP contribution < -0.4 is 5.73 Å². The number of benzene rings is 1. The zero-order chi connectivity index (χ0) is 15.4. The summed E-state index contributed by atoms with van der Waals surface area (Å²) < 4.78 is 15.0. The molecule has 0 atom stereocenters. The number of hydrogen-bond acceptors (Lipinski definition) is 4. The summed E-state index contributed by atoms with van der Waals surface area (Å²) >= 11 is 3.29. The van der Waals surface area contributed by atoms with Crippen molar-refractivity contribution in [3.8, 4) is 0 Å². The van der Waals surface area contributed by atoms with Crippen molar-refractivity contribution in [3.63, 3.8) is 0 Å². The molecule has 0 saturated heterocycles. The van der Waals surface area contributed by atoms with Gasteiger partial charge in [-0.05, 0) is 47.1 Å². The van der Waals surface area contributed by atoms with Gasteiger partial charge in [-0.2, -0.15) is 5.10 Å². The number of amidine groups is 1. The molecule has 110 valence electrons. The minimum absolute atomic E-state index is 0.0128. The van der Waals surface area contributed by atoms with Crippen molar-refractivity contribution in [1.82, 2.24) is 9.78 Å². The molecule has 1 heterocycles. The van der Waals surface area contributed by atoms with Gasteiger partial charge in [0.25, 0.3) is 0 Å². The summed E-state index contributed by atoms with van der Waals surface area (Å²) in [6.45, 7) is 1.71. The molecule has 21 heavy (non-hydrogen) atoms. The fourth-order valence-corrected chi connectivity index (χ4v) is 1.82. The second-order valence-corrected chi connectivity index (χ2v) is 5.06.